The Hall–Kier alpha value is -1.22. The van der Waals surface area contributed by atoms with Crippen LogP contribution in [0.2, 0.25) is 0 Å². The average molecular weight is 475 g/mol. The molecule has 0 N–H and O–H groups in total. The fourth-order valence-corrected chi connectivity index (χ4v) is 3.96. The number of unbranched alkanes of at least 4 members (excludes halogenated alkanes) is 8. The highest BCUT2D eigenvalue weighted by molar-refractivity contribution is 5.66. The van der Waals surface area contributed by atoms with E-state index in [1.165, 1.54) is 46.6 Å². The maximum atomic E-state index is 12.0. The minimum absolute atomic E-state index is 0.0167. The second-order valence-corrected chi connectivity index (χ2v) is 8.65. The Balaban J connectivity index is 2.89. The quantitative estimate of drug-likeness (QED) is 0.211. The molecule has 0 aromatic heterocycles. The van der Waals surface area contributed by atoms with Gasteiger partial charge in [-0.2, -0.15) is 0 Å². The normalized spacial score (nSPS) is 25.1. The van der Waals surface area contributed by atoms with E-state index < -0.39 is 42.6 Å². The topological polar surface area (TPSA) is 89.5 Å². The Morgan fingerprint density at radius 3 is 1.76 bits per heavy atom. The molecule has 0 aromatic rings. The molecular weight excluding hydrogens is 428 g/mol. The molecule has 0 radical (unpaired) electrons. The molecule has 1 aliphatic rings. The number of hydrogen-bond donors (Lipinski definition) is 0. The molecule has 0 spiro atoms. The highest BCUT2D eigenvalue weighted by atomic mass is 16.7. The van der Waals surface area contributed by atoms with Crippen LogP contribution in [0.3, 0.4) is 0 Å². The molecule has 0 aliphatic carbocycles. The predicted octanol–water partition coefficient (Wildman–Crippen LogP) is 4.56. The van der Waals surface area contributed by atoms with Crippen LogP contribution in [0.15, 0.2) is 0 Å². The summed E-state index contributed by atoms with van der Waals surface area (Å²) < 4.78 is 34.8. The van der Waals surface area contributed by atoms with Gasteiger partial charge in [0.25, 0.3) is 0 Å². The van der Waals surface area contributed by atoms with E-state index in [0.29, 0.717) is 13.2 Å². The van der Waals surface area contributed by atoms with Gasteiger partial charge in [0, 0.05) is 34.2 Å². The maximum absolute atomic E-state index is 12.0. The lowest BCUT2D eigenvalue weighted by Crippen LogP contribution is -2.62. The van der Waals surface area contributed by atoms with Gasteiger partial charge < -0.3 is 28.4 Å². The first-order valence-electron chi connectivity index (χ1n) is 12.7. The number of carbonyl (C=O) groups excluding carboxylic acids is 2. The van der Waals surface area contributed by atoms with Gasteiger partial charge >= 0.3 is 11.9 Å². The fraction of sp³-hybridized carbons (Fsp3) is 0.920. The lowest BCUT2D eigenvalue weighted by Gasteiger charge is -2.44. The molecule has 1 saturated heterocycles. The van der Waals surface area contributed by atoms with Gasteiger partial charge in [-0.15, -0.1) is 0 Å². The van der Waals surface area contributed by atoms with E-state index in [1.807, 2.05) is 0 Å². The largest absolute Gasteiger partial charge is 0.463 e. The summed E-state index contributed by atoms with van der Waals surface area (Å²) in [4.78, 5) is 23.4. The van der Waals surface area contributed by atoms with E-state index in [9.17, 15) is 9.59 Å². The van der Waals surface area contributed by atoms with Crippen molar-refractivity contribution in [3.8, 4) is 0 Å². The molecular formula is C25H46O8. The summed E-state index contributed by atoms with van der Waals surface area (Å²) in [5, 5.41) is 0. The van der Waals surface area contributed by atoms with Crippen LogP contribution in [0.4, 0.5) is 0 Å². The van der Waals surface area contributed by atoms with Gasteiger partial charge in [0.2, 0.25) is 0 Å². The number of rotatable bonds is 18. The average Bonchev–Trinajstić information content (AvgIpc) is 2.78. The van der Waals surface area contributed by atoms with Crippen LogP contribution in [-0.2, 0) is 38.0 Å². The first-order chi connectivity index (χ1) is 15.9. The second kappa shape index (κ2) is 18.2. The predicted molar refractivity (Wildman–Crippen MR) is 125 cm³/mol. The van der Waals surface area contributed by atoms with Gasteiger partial charge in [-0.3, -0.25) is 9.59 Å². The minimum atomic E-state index is -0.769. The Bertz CT molecular complexity index is 527. The summed E-state index contributed by atoms with van der Waals surface area (Å²) in [6, 6.07) is 0. The zero-order valence-corrected chi connectivity index (χ0v) is 21.3. The molecule has 194 valence electrons. The number of esters is 2. The van der Waals surface area contributed by atoms with Crippen molar-refractivity contribution < 1.29 is 38.0 Å². The summed E-state index contributed by atoms with van der Waals surface area (Å²) in [6.07, 6.45) is 7.60. The van der Waals surface area contributed by atoms with Crippen LogP contribution in [0.5, 0.6) is 0 Å². The van der Waals surface area contributed by atoms with Crippen molar-refractivity contribution in [1.29, 1.82) is 0 Å². The summed E-state index contributed by atoms with van der Waals surface area (Å²) >= 11 is 0. The van der Waals surface area contributed by atoms with E-state index >= 15 is 0 Å². The van der Waals surface area contributed by atoms with Crippen LogP contribution in [0.1, 0.15) is 91.9 Å². The molecule has 0 saturated carbocycles. The molecule has 0 aromatic carbocycles. The molecule has 1 aliphatic heterocycles. The summed E-state index contributed by atoms with van der Waals surface area (Å²) in [5.41, 5.74) is 0. The molecule has 5 unspecified atom stereocenters. The smallest absolute Gasteiger partial charge is 0.303 e. The molecule has 0 bridgehead atoms. The van der Waals surface area contributed by atoms with Gasteiger partial charge in [0.1, 0.15) is 24.9 Å². The molecule has 8 heteroatoms. The lowest BCUT2D eigenvalue weighted by atomic mass is 9.98. The second-order valence-electron chi connectivity index (χ2n) is 8.65. The van der Waals surface area contributed by atoms with E-state index in [0.717, 1.165) is 38.5 Å². The third kappa shape index (κ3) is 12.2. The molecule has 1 rings (SSSR count). The van der Waals surface area contributed by atoms with E-state index in [4.69, 9.17) is 28.4 Å². The van der Waals surface area contributed by atoms with Gasteiger partial charge in [-0.05, 0) is 12.8 Å². The number of ether oxygens (including phenoxy) is 6. The van der Waals surface area contributed by atoms with Crippen molar-refractivity contribution in [1.82, 2.24) is 0 Å². The van der Waals surface area contributed by atoms with Crippen LogP contribution >= 0.6 is 0 Å². The minimum Gasteiger partial charge on any atom is -0.463 e. The summed E-state index contributed by atoms with van der Waals surface area (Å²) in [5.74, 6) is -0.851. The standard InChI is InChI=1S/C25H46O8/c1-6-8-10-12-14-16-29-22-21(18-31-19(3)26)33-25(28-5)24(23(22)32-20(4)27)30-17-15-13-11-9-7-2/h21-25H,6-18H2,1-5H3. The zero-order chi connectivity index (χ0) is 24.5. The van der Waals surface area contributed by atoms with Gasteiger partial charge in [-0.25, -0.2) is 0 Å². The molecule has 1 heterocycles. The molecule has 8 nitrogen and oxygen atoms in total. The van der Waals surface area contributed by atoms with Crippen LogP contribution in [0, 0.1) is 0 Å². The van der Waals surface area contributed by atoms with Crippen molar-refractivity contribution in [2.45, 2.75) is 123 Å². The molecule has 5 atom stereocenters. The highest BCUT2D eigenvalue weighted by Gasteiger charge is 2.50. The highest BCUT2D eigenvalue weighted by Crippen LogP contribution is 2.29. The third-order valence-electron chi connectivity index (χ3n) is 5.69. The maximum Gasteiger partial charge on any atom is 0.303 e. The zero-order valence-electron chi connectivity index (χ0n) is 21.3. The fourth-order valence-electron chi connectivity index (χ4n) is 3.96. The lowest BCUT2D eigenvalue weighted by molar-refractivity contribution is -0.312. The number of methoxy groups -OCH3 is 1. The summed E-state index contributed by atoms with van der Waals surface area (Å²) in [7, 11) is 1.52. The molecule has 1 fully saturated rings. The molecule has 0 amide bonds. The van der Waals surface area contributed by atoms with Crippen LogP contribution in [0.25, 0.3) is 0 Å². The number of carbonyl (C=O) groups is 2. The van der Waals surface area contributed by atoms with Crippen molar-refractivity contribution in [3.63, 3.8) is 0 Å². The van der Waals surface area contributed by atoms with Crippen molar-refractivity contribution in [2.75, 3.05) is 26.9 Å². The summed E-state index contributed by atoms with van der Waals surface area (Å²) in [6.45, 7) is 8.04. The van der Waals surface area contributed by atoms with Crippen molar-refractivity contribution in [2.24, 2.45) is 0 Å². The Morgan fingerprint density at radius 1 is 0.727 bits per heavy atom. The first-order valence-corrected chi connectivity index (χ1v) is 12.7. The SMILES string of the molecule is CCCCCCCOC1C(COC(C)=O)OC(OC)C(OCCCCCCC)C1OC(C)=O. The van der Waals surface area contributed by atoms with E-state index in [2.05, 4.69) is 13.8 Å². The van der Waals surface area contributed by atoms with E-state index in [1.54, 1.807) is 0 Å². The van der Waals surface area contributed by atoms with E-state index in [-0.39, 0.29) is 6.61 Å². The molecule has 33 heavy (non-hydrogen) atoms. The van der Waals surface area contributed by atoms with Crippen LogP contribution < -0.4 is 0 Å². The van der Waals surface area contributed by atoms with Gasteiger partial charge in [0.15, 0.2) is 12.4 Å². The Kier molecular flexibility index (Phi) is 16.4. The third-order valence-corrected chi connectivity index (χ3v) is 5.69. The van der Waals surface area contributed by atoms with Crippen molar-refractivity contribution >= 4 is 11.9 Å². The number of hydrogen-bond acceptors (Lipinski definition) is 8. The Labute approximate surface area is 199 Å². The van der Waals surface area contributed by atoms with Gasteiger partial charge in [-0.1, -0.05) is 65.2 Å². The van der Waals surface area contributed by atoms with Crippen molar-refractivity contribution in [3.05, 3.63) is 0 Å². The van der Waals surface area contributed by atoms with Gasteiger partial charge in [0.05, 0.1) is 0 Å². The monoisotopic (exact) mass is 474 g/mol. The first kappa shape index (κ1) is 29.8. The Morgan fingerprint density at radius 2 is 1.27 bits per heavy atom. The van der Waals surface area contributed by atoms with Crippen LogP contribution in [-0.4, -0.2) is 69.6 Å².